The van der Waals surface area contributed by atoms with Crippen molar-refractivity contribution in [1.82, 2.24) is 15.0 Å². The molecule has 2 aromatic heterocycles. The van der Waals surface area contributed by atoms with Crippen molar-refractivity contribution in [1.29, 1.82) is 0 Å². The van der Waals surface area contributed by atoms with Gasteiger partial charge in [-0.15, -0.1) is 0 Å². The molecular weight excluding hydrogens is 308 g/mol. The SMILES string of the molecule is CCOc1nc(Cc2ccc(O)cc2)nc(NCc2ccco2)n1. The number of benzene rings is 1. The average Bonchev–Trinajstić information content (AvgIpc) is 3.09. The highest BCUT2D eigenvalue weighted by Crippen LogP contribution is 2.15. The van der Waals surface area contributed by atoms with Crippen LogP contribution in [0.15, 0.2) is 47.1 Å². The maximum absolute atomic E-state index is 9.36. The molecule has 124 valence electrons. The van der Waals surface area contributed by atoms with Gasteiger partial charge in [0.2, 0.25) is 5.95 Å². The standard InChI is InChI=1S/C17H18N4O3/c1-2-23-17-20-15(10-12-5-7-13(22)8-6-12)19-16(21-17)18-11-14-4-3-9-24-14/h3-9,22H,2,10-11H2,1H3,(H,18,19,20,21). The number of rotatable bonds is 7. The zero-order chi connectivity index (χ0) is 16.8. The van der Waals surface area contributed by atoms with Crippen LogP contribution in [0.25, 0.3) is 0 Å². The van der Waals surface area contributed by atoms with Gasteiger partial charge in [0.25, 0.3) is 0 Å². The molecule has 0 unspecified atom stereocenters. The van der Waals surface area contributed by atoms with Crippen LogP contribution in [0.4, 0.5) is 5.95 Å². The van der Waals surface area contributed by atoms with Crippen molar-refractivity contribution in [3.63, 3.8) is 0 Å². The molecule has 0 aliphatic carbocycles. The lowest BCUT2D eigenvalue weighted by Gasteiger charge is -2.08. The van der Waals surface area contributed by atoms with Crippen LogP contribution in [0.5, 0.6) is 11.8 Å². The summed E-state index contributed by atoms with van der Waals surface area (Å²) in [4.78, 5) is 13.0. The Morgan fingerprint density at radius 3 is 2.67 bits per heavy atom. The number of furan rings is 1. The number of ether oxygens (including phenoxy) is 1. The Morgan fingerprint density at radius 1 is 1.12 bits per heavy atom. The molecule has 0 aliphatic heterocycles. The van der Waals surface area contributed by atoms with Gasteiger partial charge in [0, 0.05) is 6.42 Å². The van der Waals surface area contributed by atoms with Gasteiger partial charge < -0.3 is 19.6 Å². The molecule has 2 N–H and O–H groups in total. The number of nitrogens with one attached hydrogen (secondary N) is 1. The molecule has 0 saturated carbocycles. The first-order valence-corrected chi connectivity index (χ1v) is 7.65. The van der Waals surface area contributed by atoms with Crippen LogP contribution in [0, 0.1) is 0 Å². The van der Waals surface area contributed by atoms with Gasteiger partial charge in [0.15, 0.2) is 0 Å². The molecule has 0 fully saturated rings. The smallest absolute Gasteiger partial charge is 0.321 e. The number of aromatic hydroxyl groups is 1. The fraction of sp³-hybridized carbons (Fsp3) is 0.235. The topological polar surface area (TPSA) is 93.3 Å². The average molecular weight is 326 g/mol. The summed E-state index contributed by atoms with van der Waals surface area (Å²) < 4.78 is 10.7. The largest absolute Gasteiger partial charge is 0.508 e. The van der Waals surface area contributed by atoms with Crippen molar-refractivity contribution in [3.05, 3.63) is 59.8 Å². The first-order valence-electron chi connectivity index (χ1n) is 7.65. The van der Waals surface area contributed by atoms with Crippen LogP contribution in [0.3, 0.4) is 0 Å². The number of hydrogen-bond acceptors (Lipinski definition) is 7. The van der Waals surface area contributed by atoms with Gasteiger partial charge in [-0.05, 0) is 36.8 Å². The fourth-order valence-electron chi connectivity index (χ4n) is 2.13. The number of phenols is 1. The molecule has 0 atom stereocenters. The molecule has 1 aromatic carbocycles. The third-order valence-electron chi connectivity index (χ3n) is 3.23. The minimum absolute atomic E-state index is 0.227. The lowest BCUT2D eigenvalue weighted by Crippen LogP contribution is -2.09. The number of anilines is 1. The molecular formula is C17H18N4O3. The molecule has 0 radical (unpaired) electrons. The Labute approximate surface area is 139 Å². The van der Waals surface area contributed by atoms with Gasteiger partial charge in [0.1, 0.15) is 17.3 Å². The first kappa shape index (κ1) is 15.8. The maximum atomic E-state index is 9.36. The summed E-state index contributed by atoms with van der Waals surface area (Å²) in [6.07, 6.45) is 2.13. The summed E-state index contributed by atoms with van der Waals surface area (Å²) in [5.74, 6) is 2.03. The molecule has 3 aromatic rings. The molecule has 7 nitrogen and oxygen atoms in total. The first-order chi connectivity index (χ1) is 11.7. The van der Waals surface area contributed by atoms with E-state index >= 15 is 0 Å². The molecule has 0 amide bonds. The van der Waals surface area contributed by atoms with Crippen molar-refractivity contribution in [3.8, 4) is 11.8 Å². The van der Waals surface area contributed by atoms with Crippen molar-refractivity contribution in [2.45, 2.75) is 19.9 Å². The summed E-state index contributed by atoms with van der Waals surface area (Å²) in [7, 11) is 0. The summed E-state index contributed by atoms with van der Waals surface area (Å²) in [5.41, 5.74) is 0.985. The van der Waals surface area contributed by atoms with Crippen molar-refractivity contribution in [2.75, 3.05) is 11.9 Å². The third kappa shape index (κ3) is 4.22. The Kier molecular flexibility index (Phi) is 4.90. The van der Waals surface area contributed by atoms with E-state index in [1.54, 1.807) is 18.4 Å². The molecule has 0 aliphatic rings. The molecule has 0 saturated heterocycles. The second-order valence-electron chi connectivity index (χ2n) is 5.07. The number of phenolic OH excluding ortho intramolecular Hbond substituents is 1. The van der Waals surface area contributed by atoms with Crippen LogP contribution >= 0.6 is 0 Å². The minimum atomic E-state index is 0.227. The minimum Gasteiger partial charge on any atom is -0.508 e. The lowest BCUT2D eigenvalue weighted by atomic mass is 10.1. The van der Waals surface area contributed by atoms with Crippen LogP contribution < -0.4 is 10.1 Å². The highest BCUT2D eigenvalue weighted by Gasteiger charge is 2.09. The van der Waals surface area contributed by atoms with Gasteiger partial charge in [-0.25, -0.2) is 0 Å². The van der Waals surface area contributed by atoms with Crippen LogP contribution in [-0.2, 0) is 13.0 Å². The van der Waals surface area contributed by atoms with Crippen LogP contribution in [0.1, 0.15) is 24.1 Å². The number of aromatic nitrogens is 3. The number of hydrogen-bond donors (Lipinski definition) is 2. The van der Waals surface area contributed by atoms with Gasteiger partial charge in [-0.3, -0.25) is 0 Å². The van der Waals surface area contributed by atoms with E-state index < -0.39 is 0 Å². The Hall–Kier alpha value is -3.09. The van der Waals surface area contributed by atoms with Gasteiger partial charge in [0.05, 0.1) is 19.4 Å². The molecule has 24 heavy (non-hydrogen) atoms. The van der Waals surface area contributed by atoms with Gasteiger partial charge >= 0.3 is 6.01 Å². The van der Waals surface area contributed by atoms with E-state index in [0.717, 1.165) is 11.3 Å². The maximum Gasteiger partial charge on any atom is 0.321 e. The highest BCUT2D eigenvalue weighted by molar-refractivity contribution is 5.31. The second kappa shape index (κ2) is 7.45. The van der Waals surface area contributed by atoms with Crippen molar-refractivity contribution in [2.24, 2.45) is 0 Å². The molecule has 0 spiro atoms. The summed E-state index contributed by atoms with van der Waals surface area (Å²) in [6, 6.07) is 10.9. The molecule has 3 rings (SSSR count). The second-order valence-corrected chi connectivity index (χ2v) is 5.07. The van der Waals surface area contributed by atoms with E-state index in [9.17, 15) is 5.11 Å². The molecule has 7 heteroatoms. The van der Waals surface area contributed by atoms with Crippen molar-refractivity contribution < 1.29 is 14.3 Å². The van der Waals surface area contributed by atoms with E-state index in [-0.39, 0.29) is 11.8 Å². The Morgan fingerprint density at radius 2 is 1.96 bits per heavy atom. The predicted octanol–water partition coefficient (Wildman–Crippen LogP) is 2.77. The summed E-state index contributed by atoms with van der Waals surface area (Å²) in [5, 5.41) is 12.5. The lowest BCUT2D eigenvalue weighted by molar-refractivity contribution is 0.310. The Bertz CT molecular complexity index is 773. The van der Waals surface area contributed by atoms with Crippen LogP contribution in [0.2, 0.25) is 0 Å². The van der Waals surface area contributed by atoms with E-state index in [1.165, 1.54) is 0 Å². The van der Waals surface area contributed by atoms with Crippen LogP contribution in [-0.4, -0.2) is 26.7 Å². The normalized spacial score (nSPS) is 10.5. The van der Waals surface area contributed by atoms with Crippen molar-refractivity contribution >= 4 is 5.95 Å². The third-order valence-corrected chi connectivity index (χ3v) is 3.23. The highest BCUT2D eigenvalue weighted by atomic mass is 16.5. The van der Waals surface area contributed by atoms with E-state index in [2.05, 4.69) is 20.3 Å². The van der Waals surface area contributed by atoms with E-state index in [0.29, 0.717) is 31.3 Å². The number of nitrogens with zero attached hydrogens (tertiary/aromatic N) is 3. The Balaban J connectivity index is 1.77. The fourth-order valence-corrected chi connectivity index (χ4v) is 2.13. The summed E-state index contributed by atoms with van der Waals surface area (Å²) >= 11 is 0. The summed E-state index contributed by atoms with van der Waals surface area (Å²) in [6.45, 7) is 2.82. The monoisotopic (exact) mass is 326 g/mol. The molecule has 2 heterocycles. The predicted molar refractivity (Wildman–Crippen MR) is 87.9 cm³/mol. The van der Waals surface area contributed by atoms with E-state index in [1.807, 2.05) is 31.2 Å². The van der Waals surface area contributed by atoms with Gasteiger partial charge in [-0.1, -0.05) is 12.1 Å². The molecule has 0 bridgehead atoms. The zero-order valence-corrected chi connectivity index (χ0v) is 13.3. The van der Waals surface area contributed by atoms with E-state index in [4.69, 9.17) is 9.15 Å². The van der Waals surface area contributed by atoms with Gasteiger partial charge in [-0.2, -0.15) is 15.0 Å². The quantitative estimate of drug-likeness (QED) is 0.689. The zero-order valence-electron chi connectivity index (χ0n) is 13.3.